The molecule has 0 radical (unpaired) electrons. The minimum Gasteiger partial charge on any atom is -0.320 e. The van der Waals surface area contributed by atoms with Gasteiger partial charge in [0.05, 0.1) is 0 Å². The predicted octanol–water partition coefficient (Wildman–Crippen LogP) is 4.03. The lowest BCUT2D eigenvalue weighted by molar-refractivity contribution is 0.868. The van der Waals surface area contributed by atoms with E-state index < -0.39 is 0 Å². The van der Waals surface area contributed by atoms with Crippen LogP contribution in [0.25, 0.3) is 27.7 Å². The number of H-pyrrole nitrogens is 1. The first-order valence-corrected chi connectivity index (χ1v) is 7.53. The number of aromatic amines is 1. The van der Waals surface area contributed by atoms with Gasteiger partial charge in [0.2, 0.25) is 0 Å². The van der Waals surface area contributed by atoms with Crippen LogP contribution < -0.4 is 5.56 Å². The fourth-order valence-electron chi connectivity index (χ4n) is 2.77. The molecule has 0 saturated carbocycles. The second-order valence-corrected chi connectivity index (χ2v) is 5.62. The van der Waals surface area contributed by atoms with Crippen LogP contribution in [0.15, 0.2) is 71.8 Å². The molecule has 0 saturated heterocycles. The van der Waals surface area contributed by atoms with Gasteiger partial charge in [0.1, 0.15) is 5.69 Å². The minimum absolute atomic E-state index is 0.192. The first-order valence-electron chi connectivity index (χ1n) is 7.15. The third-order valence-electron chi connectivity index (χ3n) is 3.75. The molecule has 23 heavy (non-hydrogen) atoms. The zero-order chi connectivity index (χ0) is 15.8. The summed E-state index contributed by atoms with van der Waals surface area (Å²) in [6.45, 7) is 0. The number of nitrogens with one attached hydrogen (secondary N) is 1. The topological polar surface area (TPSA) is 50.7 Å². The first kappa shape index (κ1) is 13.8. The van der Waals surface area contributed by atoms with Crippen molar-refractivity contribution >= 4 is 22.5 Å². The molecule has 0 spiro atoms. The summed E-state index contributed by atoms with van der Waals surface area (Å²) in [5.41, 5.74) is 2.79. The molecular weight excluding hydrogens is 310 g/mol. The summed E-state index contributed by atoms with van der Waals surface area (Å²) in [4.78, 5) is 15.6. The van der Waals surface area contributed by atoms with Crippen LogP contribution in [-0.2, 0) is 0 Å². The molecule has 4 rings (SSSR count). The number of rotatable bonds is 2. The number of pyridine rings is 1. The van der Waals surface area contributed by atoms with Crippen LogP contribution in [-0.4, -0.2) is 14.8 Å². The molecule has 2 heterocycles. The van der Waals surface area contributed by atoms with Crippen molar-refractivity contribution in [3.63, 3.8) is 0 Å². The van der Waals surface area contributed by atoms with Crippen LogP contribution in [0.5, 0.6) is 0 Å². The van der Waals surface area contributed by atoms with Gasteiger partial charge in [-0.15, -0.1) is 0 Å². The summed E-state index contributed by atoms with van der Waals surface area (Å²) in [6, 6.07) is 17.0. The Labute approximate surface area is 137 Å². The molecule has 0 unspecified atom stereocenters. The van der Waals surface area contributed by atoms with Gasteiger partial charge in [0, 0.05) is 33.9 Å². The Hall–Kier alpha value is -2.85. The number of nitrogens with zero attached hydrogens (tertiary/aromatic N) is 2. The summed E-state index contributed by atoms with van der Waals surface area (Å²) in [7, 11) is 0. The number of benzene rings is 2. The van der Waals surface area contributed by atoms with E-state index in [2.05, 4.69) is 10.1 Å². The lowest BCUT2D eigenvalue weighted by Crippen LogP contribution is -2.17. The van der Waals surface area contributed by atoms with Crippen molar-refractivity contribution in [2.75, 3.05) is 0 Å². The van der Waals surface area contributed by atoms with E-state index in [-0.39, 0.29) is 5.56 Å². The Morgan fingerprint density at radius 3 is 2.61 bits per heavy atom. The van der Waals surface area contributed by atoms with Gasteiger partial charge >= 0.3 is 0 Å². The fourth-order valence-corrected chi connectivity index (χ4v) is 2.94. The molecule has 0 atom stereocenters. The van der Waals surface area contributed by atoms with Gasteiger partial charge in [-0.05, 0) is 29.8 Å². The van der Waals surface area contributed by atoms with Crippen LogP contribution in [0.3, 0.4) is 0 Å². The van der Waals surface area contributed by atoms with Crippen LogP contribution in [0, 0.1) is 0 Å². The van der Waals surface area contributed by atoms with Crippen LogP contribution in [0.4, 0.5) is 0 Å². The molecule has 0 fully saturated rings. The van der Waals surface area contributed by atoms with E-state index in [0.29, 0.717) is 10.7 Å². The zero-order valence-corrected chi connectivity index (χ0v) is 12.8. The normalized spacial score (nSPS) is 11.0. The van der Waals surface area contributed by atoms with Crippen molar-refractivity contribution in [2.24, 2.45) is 0 Å². The van der Waals surface area contributed by atoms with Gasteiger partial charge in [0.15, 0.2) is 0 Å². The standard InChI is InChI=1S/C18H12ClN3O/c19-13-7-8-15-14(11-13)16(12-5-2-1-3-6-12)17(18(23)21-15)22-10-4-9-20-22/h1-11H,(H,21,23). The Morgan fingerprint density at radius 2 is 1.87 bits per heavy atom. The number of hydrogen-bond donors (Lipinski definition) is 1. The van der Waals surface area contributed by atoms with Gasteiger partial charge in [-0.2, -0.15) is 5.10 Å². The lowest BCUT2D eigenvalue weighted by atomic mass is 9.99. The molecule has 4 aromatic rings. The number of aromatic nitrogens is 3. The monoisotopic (exact) mass is 321 g/mol. The highest BCUT2D eigenvalue weighted by molar-refractivity contribution is 6.31. The quantitative estimate of drug-likeness (QED) is 0.606. The number of fused-ring (bicyclic) bond motifs is 1. The van der Waals surface area contributed by atoms with E-state index in [4.69, 9.17) is 11.6 Å². The lowest BCUT2D eigenvalue weighted by Gasteiger charge is -2.13. The molecule has 0 aliphatic rings. The second kappa shape index (κ2) is 5.41. The first-order chi connectivity index (χ1) is 11.2. The molecule has 0 bridgehead atoms. The molecule has 2 aromatic carbocycles. The van der Waals surface area contributed by atoms with Crippen LogP contribution in [0.1, 0.15) is 0 Å². The average Bonchev–Trinajstić information content (AvgIpc) is 3.09. The van der Waals surface area contributed by atoms with Crippen molar-refractivity contribution < 1.29 is 0 Å². The molecule has 0 aliphatic heterocycles. The van der Waals surface area contributed by atoms with Crippen molar-refractivity contribution in [3.8, 4) is 16.8 Å². The smallest absolute Gasteiger partial charge is 0.275 e. The van der Waals surface area contributed by atoms with Gasteiger partial charge in [0.25, 0.3) is 5.56 Å². The van der Waals surface area contributed by atoms with Gasteiger partial charge < -0.3 is 4.98 Å². The summed E-state index contributed by atoms with van der Waals surface area (Å²) in [6.07, 6.45) is 3.41. The van der Waals surface area contributed by atoms with Crippen molar-refractivity contribution in [3.05, 3.63) is 82.4 Å². The molecule has 0 amide bonds. The Bertz CT molecular complexity index is 1040. The summed E-state index contributed by atoms with van der Waals surface area (Å²) in [5.74, 6) is 0. The zero-order valence-electron chi connectivity index (χ0n) is 12.0. The van der Waals surface area contributed by atoms with Crippen molar-refractivity contribution in [1.29, 1.82) is 0 Å². The Balaban J connectivity index is 2.20. The Kier molecular flexibility index (Phi) is 3.24. The fraction of sp³-hybridized carbons (Fsp3) is 0. The molecule has 5 heteroatoms. The van der Waals surface area contributed by atoms with Crippen molar-refractivity contribution in [2.45, 2.75) is 0 Å². The van der Waals surface area contributed by atoms with Crippen molar-refractivity contribution in [1.82, 2.24) is 14.8 Å². The predicted molar refractivity (Wildman–Crippen MR) is 92.1 cm³/mol. The maximum absolute atomic E-state index is 12.7. The van der Waals surface area contributed by atoms with E-state index in [1.165, 1.54) is 0 Å². The number of hydrogen-bond acceptors (Lipinski definition) is 2. The average molecular weight is 322 g/mol. The van der Waals surface area contributed by atoms with E-state index >= 15 is 0 Å². The highest BCUT2D eigenvalue weighted by Gasteiger charge is 2.16. The molecule has 112 valence electrons. The summed E-state index contributed by atoms with van der Waals surface area (Å²) in [5, 5.41) is 5.73. The van der Waals surface area contributed by atoms with Gasteiger partial charge in [-0.1, -0.05) is 41.9 Å². The third-order valence-corrected chi connectivity index (χ3v) is 3.98. The highest BCUT2D eigenvalue weighted by Crippen LogP contribution is 2.32. The second-order valence-electron chi connectivity index (χ2n) is 5.18. The van der Waals surface area contributed by atoms with Gasteiger partial charge in [-0.25, -0.2) is 4.68 Å². The van der Waals surface area contributed by atoms with E-state index in [1.54, 1.807) is 29.2 Å². The highest BCUT2D eigenvalue weighted by atomic mass is 35.5. The molecular formula is C18H12ClN3O. The number of halogens is 1. The molecule has 4 nitrogen and oxygen atoms in total. The van der Waals surface area contributed by atoms with E-state index in [9.17, 15) is 4.79 Å². The maximum atomic E-state index is 12.7. The molecule has 2 aromatic heterocycles. The Morgan fingerprint density at radius 1 is 1.04 bits per heavy atom. The van der Waals surface area contributed by atoms with Crippen LogP contribution >= 0.6 is 11.6 Å². The largest absolute Gasteiger partial charge is 0.320 e. The maximum Gasteiger partial charge on any atom is 0.275 e. The van der Waals surface area contributed by atoms with E-state index in [1.807, 2.05) is 42.5 Å². The SMILES string of the molecule is O=c1[nH]c2ccc(Cl)cc2c(-c2ccccc2)c1-n1cccn1. The summed E-state index contributed by atoms with van der Waals surface area (Å²) < 4.78 is 1.58. The third kappa shape index (κ3) is 2.33. The minimum atomic E-state index is -0.192. The van der Waals surface area contributed by atoms with Crippen LogP contribution in [0.2, 0.25) is 5.02 Å². The molecule has 1 N–H and O–H groups in total. The van der Waals surface area contributed by atoms with E-state index in [0.717, 1.165) is 22.0 Å². The summed E-state index contributed by atoms with van der Waals surface area (Å²) >= 11 is 6.18. The molecule has 0 aliphatic carbocycles. The van der Waals surface area contributed by atoms with Gasteiger partial charge in [-0.3, -0.25) is 4.79 Å².